The van der Waals surface area contributed by atoms with Crippen LogP contribution in [-0.2, 0) is 28.6 Å². The maximum atomic E-state index is 12.5. The topological polar surface area (TPSA) is 78.9 Å². The van der Waals surface area contributed by atoms with Crippen molar-refractivity contribution in [1.82, 2.24) is 0 Å². The Hall–Kier alpha value is -1.59. The Kier molecular flexibility index (Phi) is 8.80. The van der Waals surface area contributed by atoms with Crippen LogP contribution in [0.5, 0.6) is 0 Å². The molecule has 0 saturated heterocycles. The summed E-state index contributed by atoms with van der Waals surface area (Å²) in [4.78, 5) is 36.7. The summed E-state index contributed by atoms with van der Waals surface area (Å²) in [5.74, 6) is -1.70. The Labute approximate surface area is 157 Å². The van der Waals surface area contributed by atoms with Crippen molar-refractivity contribution in [3.05, 3.63) is 0 Å². The average Bonchev–Trinajstić information content (AvgIpc) is 2.50. The lowest BCUT2D eigenvalue weighted by molar-refractivity contribution is -0.163. The van der Waals surface area contributed by atoms with Crippen LogP contribution in [0, 0.1) is 22.2 Å². The molecule has 0 fully saturated rings. The SMILES string of the molecule is COC(=O)C(C)CC(C)(CC(C)(C)C(=O)OCCC(C)(C)C)C(=O)OC. The van der Waals surface area contributed by atoms with Crippen LogP contribution in [0.3, 0.4) is 0 Å². The number of carbonyl (C=O) groups excluding carboxylic acids is 3. The maximum Gasteiger partial charge on any atom is 0.311 e. The molecule has 0 radical (unpaired) electrons. The predicted octanol–water partition coefficient (Wildman–Crippen LogP) is 3.76. The molecule has 6 nitrogen and oxygen atoms in total. The van der Waals surface area contributed by atoms with Crippen molar-refractivity contribution >= 4 is 17.9 Å². The van der Waals surface area contributed by atoms with E-state index in [0.717, 1.165) is 6.42 Å². The summed E-state index contributed by atoms with van der Waals surface area (Å²) in [6.07, 6.45) is 1.19. The summed E-state index contributed by atoms with van der Waals surface area (Å²) >= 11 is 0. The minimum Gasteiger partial charge on any atom is -0.469 e. The highest BCUT2D eigenvalue weighted by Gasteiger charge is 2.45. The van der Waals surface area contributed by atoms with Gasteiger partial charge in [-0.25, -0.2) is 0 Å². The third-order valence-electron chi connectivity index (χ3n) is 4.51. The molecule has 26 heavy (non-hydrogen) atoms. The molecule has 6 heteroatoms. The number of hydrogen-bond acceptors (Lipinski definition) is 6. The van der Waals surface area contributed by atoms with E-state index >= 15 is 0 Å². The lowest BCUT2D eigenvalue weighted by atomic mass is 9.70. The van der Waals surface area contributed by atoms with Gasteiger partial charge in [-0.1, -0.05) is 27.7 Å². The zero-order chi connectivity index (χ0) is 20.8. The molecule has 2 unspecified atom stereocenters. The van der Waals surface area contributed by atoms with Gasteiger partial charge in [0.1, 0.15) is 0 Å². The molecule has 0 aromatic heterocycles. The van der Waals surface area contributed by atoms with Crippen LogP contribution in [0.1, 0.15) is 67.7 Å². The number of ether oxygens (including phenoxy) is 3. The molecule has 2 atom stereocenters. The van der Waals surface area contributed by atoms with E-state index in [4.69, 9.17) is 14.2 Å². The van der Waals surface area contributed by atoms with Gasteiger partial charge in [0.05, 0.1) is 37.6 Å². The normalized spacial score (nSPS) is 15.6. The van der Waals surface area contributed by atoms with Crippen molar-refractivity contribution in [1.29, 1.82) is 0 Å². The minimum absolute atomic E-state index is 0.0703. The summed E-state index contributed by atoms with van der Waals surface area (Å²) in [5, 5.41) is 0. The van der Waals surface area contributed by atoms with Crippen LogP contribution in [0.15, 0.2) is 0 Å². The second-order valence-corrected chi connectivity index (χ2v) is 9.19. The van der Waals surface area contributed by atoms with Gasteiger partial charge in [0, 0.05) is 0 Å². The lowest BCUT2D eigenvalue weighted by Crippen LogP contribution is -2.40. The van der Waals surface area contributed by atoms with Crippen LogP contribution < -0.4 is 0 Å². The second-order valence-electron chi connectivity index (χ2n) is 9.19. The zero-order valence-corrected chi connectivity index (χ0v) is 17.9. The van der Waals surface area contributed by atoms with Crippen LogP contribution in [-0.4, -0.2) is 38.7 Å². The first-order chi connectivity index (χ1) is 11.7. The highest BCUT2D eigenvalue weighted by molar-refractivity contribution is 5.81. The second kappa shape index (κ2) is 9.38. The third kappa shape index (κ3) is 7.75. The van der Waals surface area contributed by atoms with Crippen LogP contribution in [0.4, 0.5) is 0 Å². The summed E-state index contributed by atoms with van der Waals surface area (Å²) in [7, 11) is 2.61. The summed E-state index contributed by atoms with van der Waals surface area (Å²) in [6, 6.07) is 0. The van der Waals surface area contributed by atoms with E-state index in [-0.39, 0.29) is 24.2 Å². The first-order valence-electron chi connectivity index (χ1n) is 9.02. The molecule has 0 amide bonds. The van der Waals surface area contributed by atoms with Gasteiger partial charge < -0.3 is 14.2 Å². The average molecular weight is 373 g/mol. The minimum atomic E-state index is -1.01. The molecule has 0 N–H and O–H groups in total. The first kappa shape index (κ1) is 24.4. The molecular formula is C20H36O6. The van der Waals surface area contributed by atoms with Gasteiger partial charge in [0.25, 0.3) is 0 Å². The van der Waals surface area contributed by atoms with Crippen molar-refractivity contribution in [2.24, 2.45) is 22.2 Å². The maximum absolute atomic E-state index is 12.5. The van der Waals surface area contributed by atoms with Crippen molar-refractivity contribution in [3.8, 4) is 0 Å². The summed E-state index contributed by atoms with van der Waals surface area (Å²) in [6.45, 7) is 13.5. The van der Waals surface area contributed by atoms with Gasteiger partial charge in [-0.15, -0.1) is 0 Å². The molecule has 0 aliphatic rings. The van der Waals surface area contributed by atoms with Gasteiger partial charge >= 0.3 is 17.9 Å². The number of hydrogen-bond donors (Lipinski definition) is 0. The van der Waals surface area contributed by atoms with E-state index in [0.29, 0.717) is 6.61 Å². The molecule has 0 aromatic rings. The van der Waals surface area contributed by atoms with Crippen LogP contribution in [0.25, 0.3) is 0 Å². The van der Waals surface area contributed by atoms with Crippen molar-refractivity contribution < 1.29 is 28.6 Å². The fourth-order valence-corrected chi connectivity index (χ4v) is 3.13. The monoisotopic (exact) mass is 372 g/mol. The lowest BCUT2D eigenvalue weighted by Gasteiger charge is -2.35. The highest BCUT2D eigenvalue weighted by atomic mass is 16.5. The number of rotatable bonds is 9. The van der Waals surface area contributed by atoms with Gasteiger partial charge in [-0.05, 0) is 45.4 Å². The number of methoxy groups -OCH3 is 2. The van der Waals surface area contributed by atoms with E-state index in [1.165, 1.54) is 14.2 Å². The zero-order valence-electron chi connectivity index (χ0n) is 17.9. The van der Waals surface area contributed by atoms with Crippen molar-refractivity contribution in [2.45, 2.75) is 67.7 Å². The van der Waals surface area contributed by atoms with Gasteiger partial charge in [0.2, 0.25) is 0 Å². The Bertz CT molecular complexity index is 503. The Morgan fingerprint density at radius 3 is 1.85 bits per heavy atom. The van der Waals surface area contributed by atoms with Crippen LogP contribution in [0.2, 0.25) is 0 Å². The molecule has 152 valence electrons. The predicted molar refractivity (Wildman–Crippen MR) is 99.3 cm³/mol. The Balaban J connectivity index is 5.20. The van der Waals surface area contributed by atoms with Crippen molar-refractivity contribution in [2.75, 3.05) is 20.8 Å². The van der Waals surface area contributed by atoms with E-state index in [2.05, 4.69) is 20.8 Å². The van der Waals surface area contributed by atoms with E-state index in [1.54, 1.807) is 27.7 Å². The first-order valence-corrected chi connectivity index (χ1v) is 9.02. The fourth-order valence-electron chi connectivity index (χ4n) is 3.13. The van der Waals surface area contributed by atoms with Crippen molar-refractivity contribution in [3.63, 3.8) is 0 Å². The Morgan fingerprint density at radius 2 is 1.42 bits per heavy atom. The molecule has 0 aliphatic carbocycles. The molecule has 0 rings (SSSR count). The van der Waals surface area contributed by atoms with E-state index < -0.39 is 28.7 Å². The molecule has 0 aromatic carbocycles. The number of esters is 3. The summed E-state index contributed by atoms with van der Waals surface area (Å²) < 4.78 is 15.1. The smallest absolute Gasteiger partial charge is 0.311 e. The summed E-state index contributed by atoms with van der Waals surface area (Å²) in [5.41, 5.74) is -1.83. The molecule has 0 heterocycles. The molecule has 0 spiro atoms. The third-order valence-corrected chi connectivity index (χ3v) is 4.51. The largest absolute Gasteiger partial charge is 0.469 e. The highest BCUT2D eigenvalue weighted by Crippen LogP contribution is 2.40. The van der Waals surface area contributed by atoms with E-state index in [1.807, 2.05) is 0 Å². The van der Waals surface area contributed by atoms with E-state index in [9.17, 15) is 14.4 Å². The molecule has 0 aliphatic heterocycles. The molecular weight excluding hydrogens is 336 g/mol. The number of carbonyl (C=O) groups is 3. The van der Waals surface area contributed by atoms with Gasteiger partial charge in [-0.2, -0.15) is 0 Å². The fraction of sp³-hybridized carbons (Fsp3) is 0.850. The molecule has 0 saturated carbocycles. The quantitative estimate of drug-likeness (QED) is 0.453. The Morgan fingerprint density at radius 1 is 0.885 bits per heavy atom. The van der Waals surface area contributed by atoms with Crippen LogP contribution >= 0.6 is 0 Å². The van der Waals surface area contributed by atoms with Gasteiger partial charge in [-0.3, -0.25) is 14.4 Å². The standard InChI is InChI=1S/C20H36O6/c1-14(15(21)24-8)12-20(7,17(23)25-9)13-19(5,6)16(22)26-11-10-18(2,3)4/h14H,10-13H2,1-9H3. The van der Waals surface area contributed by atoms with Gasteiger partial charge in [0.15, 0.2) is 0 Å². The molecule has 0 bridgehead atoms.